The van der Waals surface area contributed by atoms with Crippen LogP contribution in [0.4, 0.5) is 4.53 Å². The summed E-state index contributed by atoms with van der Waals surface area (Å²) in [5, 5.41) is 8.70. The van der Waals surface area contributed by atoms with Crippen LogP contribution in [0, 0.1) is 0 Å². The second-order valence-electron chi connectivity index (χ2n) is 1.57. The van der Waals surface area contributed by atoms with Crippen LogP contribution in [0.5, 0.6) is 11.5 Å². The van der Waals surface area contributed by atoms with Crippen LogP contribution in [0.2, 0.25) is 0 Å². The third-order valence-electron chi connectivity index (χ3n) is 0.907. The zero-order valence-electron chi connectivity index (χ0n) is 4.54. The molecule has 0 saturated heterocycles. The highest BCUT2D eigenvalue weighted by molar-refractivity contribution is 5.31. The maximum atomic E-state index is 11.3. The van der Waals surface area contributed by atoms with Gasteiger partial charge in [0.15, 0.2) is 5.75 Å². The summed E-state index contributed by atoms with van der Waals surface area (Å²) in [6, 6.07) is 5.51. The molecule has 0 aliphatic carbocycles. The highest BCUT2D eigenvalue weighted by Gasteiger charge is 1.91. The number of phenolic OH excluding ortho intramolecular Hbond substituents is 1. The Hall–Kier alpha value is -1.25. The molecule has 0 amide bonds. The van der Waals surface area contributed by atoms with Gasteiger partial charge in [-0.25, -0.2) is 0 Å². The molecule has 0 spiro atoms. The number of hydrogen-bond acceptors (Lipinski definition) is 2. The fourth-order valence-corrected chi connectivity index (χ4v) is 0.532. The van der Waals surface area contributed by atoms with E-state index >= 15 is 0 Å². The molecule has 1 aromatic carbocycles. The number of hydrogen-bond donors (Lipinski definition) is 1. The highest BCUT2D eigenvalue weighted by Crippen LogP contribution is 2.17. The molecule has 3 heteroatoms. The molecule has 0 unspecified atom stereocenters. The molecule has 0 heterocycles. The summed E-state index contributed by atoms with van der Waals surface area (Å²) >= 11 is 0. The molecule has 1 N–H and O–H groups in total. The molecule has 1 aromatic rings. The minimum Gasteiger partial charge on any atom is -0.508 e. The first-order chi connectivity index (χ1) is 4.33. The lowest BCUT2D eigenvalue weighted by Gasteiger charge is -1.92. The lowest BCUT2D eigenvalue weighted by Crippen LogP contribution is -1.73. The molecule has 2 nitrogen and oxygen atoms in total. The number of halogens is 1. The van der Waals surface area contributed by atoms with Crippen LogP contribution in [-0.2, 0) is 0 Å². The van der Waals surface area contributed by atoms with Gasteiger partial charge in [0.25, 0.3) is 0 Å². The molecular formula is C6H5FO2. The molecular weight excluding hydrogens is 123 g/mol. The maximum absolute atomic E-state index is 11.3. The second-order valence-corrected chi connectivity index (χ2v) is 1.57. The van der Waals surface area contributed by atoms with Crippen LogP contribution >= 0.6 is 0 Å². The summed E-state index contributed by atoms with van der Waals surface area (Å²) in [6.07, 6.45) is 0. The van der Waals surface area contributed by atoms with Crippen LogP contribution in [0.15, 0.2) is 24.3 Å². The van der Waals surface area contributed by atoms with Gasteiger partial charge in [-0.2, -0.15) is 0 Å². The van der Waals surface area contributed by atoms with Crippen molar-refractivity contribution in [2.24, 2.45) is 0 Å². The molecule has 0 aromatic heterocycles. The Balaban J connectivity index is 2.94. The Morgan fingerprint density at radius 2 is 2.22 bits per heavy atom. The Labute approximate surface area is 51.4 Å². The van der Waals surface area contributed by atoms with Crippen molar-refractivity contribution >= 4 is 0 Å². The zero-order chi connectivity index (χ0) is 6.69. The molecule has 1 rings (SSSR count). The molecule has 9 heavy (non-hydrogen) atoms. The van der Waals surface area contributed by atoms with Crippen LogP contribution in [-0.4, -0.2) is 5.11 Å². The largest absolute Gasteiger partial charge is 0.508 e. The molecule has 0 fully saturated rings. The molecule has 0 saturated carbocycles. The number of rotatable bonds is 1. The second kappa shape index (κ2) is 2.35. The average Bonchev–Trinajstić information content (AvgIpc) is 1.88. The zero-order valence-corrected chi connectivity index (χ0v) is 4.54. The van der Waals surface area contributed by atoms with E-state index in [4.69, 9.17) is 5.11 Å². The van der Waals surface area contributed by atoms with E-state index in [-0.39, 0.29) is 11.5 Å². The maximum Gasteiger partial charge on any atom is 0.175 e. The summed E-state index contributed by atoms with van der Waals surface area (Å²) in [7, 11) is 0. The van der Waals surface area contributed by atoms with Gasteiger partial charge in [-0.1, -0.05) is 6.07 Å². The lowest BCUT2D eigenvalue weighted by atomic mass is 10.3. The van der Waals surface area contributed by atoms with Crippen molar-refractivity contribution in [3.05, 3.63) is 24.3 Å². The van der Waals surface area contributed by atoms with Crippen molar-refractivity contribution in [2.75, 3.05) is 0 Å². The summed E-state index contributed by atoms with van der Waals surface area (Å²) in [5.74, 6) is 0.000139. The Morgan fingerprint density at radius 1 is 1.44 bits per heavy atom. The molecule has 0 radical (unpaired) electrons. The predicted molar refractivity (Wildman–Crippen MR) is 29.8 cm³/mol. The van der Waals surface area contributed by atoms with Crippen LogP contribution in [0.3, 0.4) is 0 Å². The van der Waals surface area contributed by atoms with Gasteiger partial charge in [0.05, 0.1) is 0 Å². The Morgan fingerprint density at radius 3 is 2.67 bits per heavy atom. The normalized spacial score (nSPS) is 9.00. The van der Waals surface area contributed by atoms with Crippen molar-refractivity contribution in [3.8, 4) is 11.5 Å². The molecule has 48 valence electrons. The van der Waals surface area contributed by atoms with E-state index in [1.165, 1.54) is 24.3 Å². The van der Waals surface area contributed by atoms with Crippen LogP contribution in [0.1, 0.15) is 0 Å². The van der Waals surface area contributed by atoms with E-state index < -0.39 is 0 Å². The summed E-state index contributed by atoms with van der Waals surface area (Å²) in [6.45, 7) is 0. The van der Waals surface area contributed by atoms with Gasteiger partial charge in [0, 0.05) is 10.6 Å². The number of phenols is 1. The third-order valence-corrected chi connectivity index (χ3v) is 0.907. The van der Waals surface area contributed by atoms with Gasteiger partial charge in [-0.3, -0.25) is 4.94 Å². The van der Waals surface area contributed by atoms with E-state index in [1.807, 2.05) is 0 Å². The number of benzene rings is 1. The number of aromatic hydroxyl groups is 1. The first kappa shape index (κ1) is 5.88. The van der Waals surface area contributed by atoms with Gasteiger partial charge in [0.2, 0.25) is 0 Å². The SMILES string of the molecule is Oc1cccc(OF)c1. The van der Waals surface area contributed by atoms with Crippen molar-refractivity contribution in [1.29, 1.82) is 0 Å². The fourth-order valence-electron chi connectivity index (χ4n) is 0.532. The minimum atomic E-state index is -0.00912. The van der Waals surface area contributed by atoms with E-state index in [0.29, 0.717) is 0 Å². The van der Waals surface area contributed by atoms with Gasteiger partial charge in [-0.05, 0) is 12.1 Å². The summed E-state index contributed by atoms with van der Waals surface area (Å²) in [4.78, 5) is 3.34. The standard InChI is InChI=1S/C6H5FO2/c7-9-6-3-1-2-5(8)4-6/h1-4,8H. The average molecular weight is 128 g/mol. The van der Waals surface area contributed by atoms with E-state index in [9.17, 15) is 4.53 Å². The fraction of sp³-hybridized carbons (Fsp3) is 0. The van der Waals surface area contributed by atoms with E-state index in [2.05, 4.69) is 4.94 Å². The quantitative estimate of drug-likeness (QED) is 0.623. The van der Waals surface area contributed by atoms with Crippen LogP contribution < -0.4 is 4.94 Å². The molecule has 0 atom stereocenters. The summed E-state index contributed by atoms with van der Waals surface area (Å²) in [5.41, 5.74) is 0. The predicted octanol–water partition coefficient (Wildman–Crippen LogP) is 1.66. The monoisotopic (exact) mass is 128 g/mol. The van der Waals surface area contributed by atoms with Crippen molar-refractivity contribution < 1.29 is 14.6 Å². The van der Waals surface area contributed by atoms with Gasteiger partial charge < -0.3 is 5.11 Å². The van der Waals surface area contributed by atoms with E-state index in [0.717, 1.165) is 0 Å². The lowest BCUT2D eigenvalue weighted by molar-refractivity contribution is -0.00641. The third kappa shape index (κ3) is 1.32. The molecule has 0 aliphatic rings. The smallest absolute Gasteiger partial charge is 0.175 e. The molecule has 0 bridgehead atoms. The van der Waals surface area contributed by atoms with Gasteiger partial charge in [0.1, 0.15) is 5.75 Å². The van der Waals surface area contributed by atoms with Crippen molar-refractivity contribution in [3.63, 3.8) is 0 Å². The molecule has 0 aliphatic heterocycles. The Kier molecular flexibility index (Phi) is 1.53. The Bertz CT molecular complexity index is 200. The van der Waals surface area contributed by atoms with Crippen LogP contribution in [0.25, 0.3) is 0 Å². The highest BCUT2D eigenvalue weighted by atomic mass is 19.3. The first-order valence-electron chi connectivity index (χ1n) is 2.40. The van der Waals surface area contributed by atoms with Crippen molar-refractivity contribution in [1.82, 2.24) is 0 Å². The topological polar surface area (TPSA) is 29.5 Å². The minimum absolute atomic E-state index is 0.00912. The van der Waals surface area contributed by atoms with E-state index in [1.54, 1.807) is 0 Å². The van der Waals surface area contributed by atoms with Crippen molar-refractivity contribution in [2.45, 2.75) is 0 Å². The van der Waals surface area contributed by atoms with Gasteiger partial charge >= 0.3 is 0 Å². The first-order valence-corrected chi connectivity index (χ1v) is 2.40. The van der Waals surface area contributed by atoms with Gasteiger partial charge in [-0.15, -0.1) is 0 Å². The summed E-state index contributed by atoms with van der Waals surface area (Å²) < 4.78 is 11.3.